The lowest BCUT2D eigenvalue weighted by Crippen LogP contribution is -2.15. The summed E-state index contributed by atoms with van der Waals surface area (Å²) in [6, 6.07) is 8.15. The summed E-state index contributed by atoms with van der Waals surface area (Å²) < 4.78 is 7.37. The van der Waals surface area contributed by atoms with E-state index in [0.717, 1.165) is 22.2 Å². The Morgan fingerprint density at radius 1 is 1.17 bits per heavy atom. The molecule has 0 saturated heterocycles. The maximum Gasteiger partial charge on any atom is 0.361 e. The predicted molar refractivity (Wildman–Crippen MR) is 114 cm³/mol. The van der Waals surface area contributed by atoms with Gasteiger partial charge in [-0.1, -0.05) is 17.7 Å². The molecule has 0 atom stereocenters. The molecule has 3 heterocycles. The number of carbonyl (C=O) groups is 1. The molecule has 0 fully saturated rings. The molecular weight excluding hydrogens is 412 g/mol. The summed E-state index contributed by atoms with van der Waals surface area (Å²) in [7, 11) is 0. The standard InChI is InChI=1S/C19H17ClN6O2S/c1-2-26-13-7-10(11-5-6-29-9-11)3-4-12(13)23-14(26)8-28-19(27)15-17(21)25-18(22)16(20)24-15/h3-7,9H,2,8H2,1H3,(H4,21,22,25). The molecule has 1 aromatic carbocycles. The van der Waals surface area contributed by atoms with Gasteiger partial charge in [0.15, 0.2) is 22.5 Å². The Balaban J connectivity index is 1.61. The lowest BCUT2D eigenvalue weighted by Gasteiger charge is -2.09. The second-order valence-corrected chi connectivity index (χ2v) is 7.34. The molecule has 0 aliphatic rings. The summed E-state index contributed by atoms with van der Waals surface area (Å²) in [6.07, 6.45) is 0. The van der Waals surface area contributed by atoms with E-state index in [2.05, 4.69) is 32.5 Å². The smallest absolute Gasteiger partial charge is 0.361 e. The van der Waals surface area contributed by atoms with Gasteiger partial charge in [-0.25, -0.2) is 19.7 Å². The van der Waals surface area contributed by atoms with Crippen LogP contribution in [0.4, 0.5) is 11.6 Å². The second-order valence-electron chi connectivity index (χ2n) is 6.20. The molecule has 4 rings (SSSR count). The Hall–Kier alpha value is -3.17. The van der Waals surface area contributed by atoms with Crippen molar-refractivity contribution in [2.24, 2.45) is 0 Å². The summed E-state index contributed by atoms with van der Waals surface area (Å²) in [5.74, 6) is -0.312. The van der Waals surface area contributed by atoms with Gasteiger partial charge in [-0.15, -0.1) is 0 Å². The number of nitrogen functional groups attached to an aromatic ring is 2. The molecular formula is C19H17ClN6O2S. The number of aromatic nitrogens is 4. The predicted octanol–water partition coefficient (Wildman–Crippen LogP) is 3.75. The molecule has 0 radical (unpaired) electrons. The van der Waals surface area contributed by atoms with Crippen molar-refractivity contribution < 1.29 is 9.53 Å². The van der Waals surface area contributed by atoms with E-state index in [1.54, 1.807) is 11.3 Å². The minimum Gasteiger partial charge on any atom is -0.453 e. The van der Waals surface area contributed by atoms with Crippen molar-refractivity contribution >= 4 is 51.6 Å². The molecule has 0 saturated carbocycles. The fraction of sp³-hybridized carbons (Fsp3) is 0.158. The van der Waals surface area contributed by atoms with Crippen LogP contribution in [0.1, 0.15) is 23.2 Å². The number of anilines is 2. The number of nitrogens with zero attached hydrogens (tertiary/aromatic N) is 4. The average Bonchev–Trinajstić information content (AvgIpc) is 3.35. The van der Waals surface area contributed by atoms with E-state index in [1.165, 1.54) is 0 Å². The zero-order valence-corrected chi connectivity index (χ0v) is 17.0. The molecule has 0 spiro atoms. The Morgan fingerprint density at radius 2 is 2.00 bits per heavy atom. The highest BCUT2D eigenvalue weighted by atomic mass is 35.5. The van der Waals surface area contributed by atoms with Crippen molar-refractivity contribution in [3.63, 3.8) is 0 Å². The minimum absolute atomic E-state index is 0.0434. The van der Waals surface area contributed by atoms with Crippen LogP contribution in [0.3, 0.4) is 0 Å². The number of rotatable bonds is 5. The molecule has 4 aromatic rings. The van der Waals surface area contributed by atoms with Gasteiger partial charge in [0.2, 0.25) is 0 Å². The fourth-order valence-corrected chi connectivity index (χ4v) is 3.83. The number of imidazole rings is 1. The van der Waals surface area contributed by atoms with E-state index in [4.69, 9.17) is 27.8 Å². The van der Waals surface area contributed by atoms with E-state index < -0.39 is 5.97 Å². The highest BCUT2D eigenvalue weighted by molar-refractivity contribution is 7.08. The van der Waals surface area contributed by atoms with Gasteiger partial charge in [-0.3, -0.25) is 0 Å². The lowest BCUT2D eigenvalue weighted by molar-refractivity contribution is 0.0453. The van der Waals surface area contributed by atoms with Gasteiger partial charge in [0.25, 0.3) is 0 Å². The Kier molecular flexibility index (Phi) is 5.08. The van der Waals surface area contributed by atoms with Crippen LogP contribution >= 0.6 is 22.9 Å². The highest BCUT2D eigenvalue weighted by Gasteiger charge is 2.19. The number of halogens is 1. The molecule has 8 nitrogen and oxygen atoms in total. The Labute approximate surface area is 175 Å². The topological polar surface area (TPSA) is 122 Å². The fourth-order valence-electron chi connectivity index (χ4n) is 3.03. The van der Waals surface area contributed by atoms with Gasteiger partial charge in [0.1, 0.15) is 12.4 Å². The first-order valence-corrected chi connectivity index (χ1v) is 10.1. The molecule has 0 bridgehead atoms. The lowest BCUT2D eigenvalue weighted by atomic mass is 10.1. The van der Waals surface area contributed by atoms with Gasteiger partial charge >= 0.3 is 5.97 Å². The minimum atomic E-state index is -0.745. The molecule has 4 N–H and O–H groups in total. The van der Waals surface area contributed by atoms with Crippen LogP contribution in [0.25, 0.3) is 22.2 Å². The number of ether oxygens (including phenoxy) is 1. The molecule has 0 amide bonds. The normalized spacial score (nSPS) is 11.1. The van der Waals surface area contributed by atoms with Crippen LogP contribution in [0, 0.1) is 0 Å². The number of esters is 1. The van der Waals surface area contributed by atoms with Gasteiger partial charge in [0.05, 0.1) is 11.0 Å². The first-order valence-electron chi connectivity index (χ1n) is 8.75. The summed E-state index contributed by atoms with van der Waals surface area (Å²) in [4.78, 5) is 24.6. The summed E-state index contributed by atoms with van der Waals surface area (Å²) in [6.45, 7) is 2.64. The molecule has 148 valence electrons. The van der Waals surface area contributed by atoms with E-state index in [-0.39, 0.29) is 29.1 Å². The molecule has 3 aromatic heterocycles. The molecule has 0 aliphatic heterocycles. The van der Waals surface area contributed by atoms with Crippen molar-refractivity contribution in [3.05, 3.63) is 51.7 Å². The number of benzene rings is 1. The Morgan fingerprint density at radius 3 is 2.72 bits per heavy atom. The maximum atomic E-state index is 12.4. The third-order valence-electron chi connectivity index (χ3n) is 4.43. The van der Waals surface area contributed by atoms with Crippen LogP contribution in [0.5, 0.6) is 0 Å². The van der Waals surface area contributed by atoms with Gasteiger partial charge in [0, 0.05) is 6.54 Å². The van der Waals surface area contributed by atoms with Crippen LogP contribution in [-0.4, -0.2) is 25.5 Å². The zero-order valence-electron chi connectivity index (χ0n) is 15.4. The molecule has 10 heteroatoms. The first kappa shape index (κ1) is 19.2. The Bertz CT molecular complexity index is 1210. The monoisotopic (exact) mass is 428 g/mol. The number of hydrogen-bond acceptors (Lipinski definition) is 8. The highest BCUT2D eigenvalue weighted by Crippen LogP contribution is 2.27. The SMILES string of the molecule is CCn1c(COC(=O)c2nc(Cl)c(N)nc2N)nc2ccc(-c3ccsc3)cc21. The van der Waals surface area contributed by atoms with E-state index in [9.17, 15) is 4.79 Å². The van der Waals surface area contributed by atoms with Crippen LogP contribution < -0.4 is 11.5 Å². The quantitative estimate of drug-likeness (QED) is 0.464. The van der Waals surface area contributed by atoms with Crippen molar-refractivity contribution in [2.75, 3.05) is 11.5 Å². The maximum absolute atomic E-state index is 12.4. The van der Waals surface area contributed by atoms with Crippen molar-refractivity contribution in [1.82, 2.24) is 19.5 Å². The number of hydrogen-bond donors (Lipinski definition) is 2. The largest absolute Gasteiger partial charge is 0.453 e. The third-order valence-corrected chi connectivity index (χ3v) is 5.39. The van der Waals surface area contributed by atoms with Crippen molar-refractivity contribution in [2.45, 2.75) is 20.1 Å². The average molecular weight is 429 g/mol. The summed E-state index contributed by atoms with van der Waals surface area (Å²) in [5.41, 5.74) is 15.1. The van der Waals surface area contributed by atoms with E-state index in [0.29, 0.717) is 12.4 Å². The zero-order chi connectivity index (χ0) is 20.5. The van der Waals surface area contributed by atoms with Crippen molar-refractivity contribution in [1.29, 1.82) is 0 Å². The van der Waals surface area contributed by atoms with Crippen LogP contribution in [-0.2, 0) is 17.9 Å². The number of aryl methyl sites for hydroxylation is 1. The number of carbonyl (C=O) groups excluding carboxylic acids is 1. The first-order chi connectivity index (χ1) is 14.0. The number of fused-ring (bicyclic) bond motifs is 1. The van der Waals surface area contributed by atoms with E-state index >= 15 is 0 Å². The molecule has 0 aliphatic carbocycles. The summed E-state index contributed by atoms with van der Waals surface area (Å²) >= 11 is 7.48. The number of thiophene rings is 1. The van der Waals surface area contributed by atoms with E-state index in [1.807, 2.05) is 29.0 Å². The summed E-state index contributed by atoms with van der Waals surface area (Å²) in [5, 5.41) is 4.03. The van der Waals surface area contributed by atoms with Gasteiger partial charge in [-0.2, -0.15) is 11.3 Å². The molecule has 0 unspecified atom stereocenters. The molecule has 29 heavy (non-hydrogen) atoms. The van der Waals surface area contributed by atoms with Crippen LogP contribution in [0.15, 0.2) is 35.0 Å². The third kappa shape index (κ3) is 3.62. The second kappa shape index (κ2) is 7.69. The van der Waals surface area contributed by atoms with Crippen molar-refractivity contribution in [3.8, 4) is 11.1 Å². The van der Waals surface area contributed by atoms with Gasteiger partial charge < -0.3 is 20.8 Å². The van der Waals surface area contributed by atoms with Crippen LogP contribution in [0.2, 0.25) is 5.15 Å². The number of nitrogens with two attached hydrogens (primary N) is 2. The van der Waals surface area contributed by atoms with Gasteiger partial charge in [-0.05, 0) is 47.0 Å².